The lowest BCUT2D eigenvalue weighted by Gasteiger charge is -2.39. The number of benzene rings is 4. The molecular weight excluding hydrogens is 650 g/mol. The van der Waals surface area contributed by atoms with E-state index in [0.717, 1.165) is 53.3 Å². The van der Waals surface area contributed by atoms with Crippen molar-refractivity contribution in [2.45, 2.75) is 57.0 Å². The molecule has 1 saturated heterocycles. The van der Waals surface area contributed by atoms with Gasteiger partial charge in [-0.2, -0.15) is 0 Å². The highest BCUT2D eigenvalue weighted by Crippen LogP contribution is 2.39. The molecule has 2 aliphatic heterocycles. The molecule has 0 bridgehead atoms. The van der Waals surface area contributed by atoms with Gasteiger partial charge in [-0.15, -0.1) is 0 Å². The van der Waals surface area contributed by atoms with Gasteiger partial charge in [-0.1, -0.05) is 66.7 Å². The minimum Gasteiger partial charge on any atom is -0.493 e. The van der Waals surface area contributed by atoms with Crippen molar-refractivity contribution < 1.29 is 38.4 Å². The summed E-state index contributed by atoms with van der Waals surface area (Å²) in [6, 6.07) is 27.3. The summed E-state index contributed by atoms with van der Waals surface area (Å²) in [5.41, 5.74) is 6.57. The number of hydrogen-bond acceptors (Lipinski definition) is 9. The highest BCUT2D eigenvalue weighted by atomic mass is 16.7. The molecule has 11 nitrogen and oxygen atoms in total. The van der Waals surface area contributed by atoms with Gasteiger partial charge in [0.2, 0.25) is 0 Å². The van der Waals surface area contributed by atoms with Crippen LogP contribution in [0.1, 0.15) is 52.2 Å². The Hall–Kier alpha value is -4.94. The van der Waals surface area contributed by atoms with Gasteiger partial charge in [-0.05, 0) is 58.5 Å². The molecule has 11 heteroatoms. The van der Waals surface area contributed by atoms with Crippen LogP contribution in [0.4, 0.5) is 10.5 Å². The standard InChI is InChI=1S/C40H45N3O8/c1-47-36-20-30-17-18-43(23-31(30)21-37(36)48-2)24-33-22-35(28-11-9-27(25-44)10-12-28)51-39(50-33)29-13-15-32(16-14-29)41-40(46)42-34(38(45)49-3)19-26-7-5-4-6-8-26/h4-16,20-21,33-35,39,44H,17-19,22-25H2,1-3H3,(H2,41,42,46). The summed E-state index contributed by atoms with van der Waals surface area (Å²) in [4.78, 5) is 27.8. The van der Waals surface area contributed by atoms with Crippen molar-refractivity contribution in [3.05, 3.63) is 124 Å². The van der Waals surface area contributed by atoms with Crippen LogP contribution in [0.15, 0.2) is 91.0 Å². The summed E-state index contributed by atoms with van der Waals surface area (Å²) < 4.78 is 29.2. The lowest BCUT2D eigenvalue weighted by Crippen LogP contribution is -2.45. The van der Waals surface area contributed by atoms with Crippen LogP contribution in [0.3, 0.4) is 0 Å². The highest BCUT2D eigenvalue weighted by molar-refractivity contribution is 5.92. The Morgan fingerprint density at radius 1 is 0.863 bits per heavy atom. The normalized spacial score (nSPS) is 19.3. The zero-order valence-corrected chi connectivity index (χ0v) is 29.2. The molecule has 4 aromatic carbocycles. The van der Waals surface area contributed by atoms with Gasteiger partial charge in [0.05, 0.1) is 40.1 Å². The molecule has 0 aliphatic carbocycles. The number of nitrogens with one attached hydrogen (secondary N) is 2. The molecule has 0 radical (unpaired) electrons. The summed E-state index contributed by atoms with van der Waals surface area (Å²) >= 11 is 0. The maximum absolute atomic E-state index is 12.9. The Labute approximate surface area is 298 Å². The van der Waals surface area contributed by atoms with E-state index in [2.05, 4.69) is 27.7 Å². The number of rotatable bonds is 12. The molecule has 3 N–H and O–H groups in total. The summed E-state index contributed by atoms with van der Waals surface area (Å²) in [7, 11) is 4.61. The summed E-state index contributed by atoms with van der Waals surface area (Å²) in [5.74, 6) is 0.934. The van der Waals surface area contributed by atoms with Crippen molar-refractivity contribution in [2.75, 3.05) is 39.7 Å². The second kappa shape index (κ2) is 16.8. The first-order valence-electron chi connectivity index (χ1n) is 17.1. The van der Waals surface area contributed by atoms with E-state index in [1.54, 1.807) is 26.4 Å². The molecule has 2 amide bonds. The molecule has 1 fully saturated rings. The maximum Gasteiger partial charge on any atom is 0.328 e. The first kappa shape index (κ1) is 35.9. The predicted octanol–water partition coefficient (Wildman–Crippen LogP) is 5.71. The van der Waals surface area contributed by atoms with E-state index in [1.807, 2.05) is 66.7 Å². The SMILES string of the molecule is COC(=O)C(Cc1ccccc1)NC(=O)Nc1ccc(C2OC(CN3CCc4cc(OC)c(OC)cc4C3)CC(c3ccc(CO)cc3)O2)cc1. The van der Waals surface area contributed by atoms with Gasteiger partial charge in [0.15, 0.2) is 17.8 Å². The molecule has 4 aromatic rings. The monoisotopic (exact) mass is 695 g/mol. The third kappa shape index (κ3) is 9.05. The van der Waals surface area contributed by atoms with Crippen molar-refractivity contribution in [3.63, 3.8) is 0 Å². The number of nitrogens with zero attached hydrogens (tertiary/aromatic N) is 1. The Kier molecular flexibility index (Phi) is 11.8. The number of carbonyl (C=O) groups is 2. The van der Waals surface area contributed by atoms with Crippen molar-refractivity contribution in [2.24, 2.45) is 0 Å². The van der Waals surface area contributed by atoms with Gasteiger partial charge in [0, 0.05) is 43.7 Å². The van der Waals surface area contributed by atoms with E-state index in [0.29, 0.717) is 25.1 Å². The zero-order valence-electron chi connectivity index (χ0n) is 29.2. The number of esters is 1. The van der Waals surface area contributed by atoms with E-state index in [4.69, 9.17) is 23.7 Å². The van der Waals surface area contributed by atoms with Crippen LogP contribution < -0.4 is 20.1 Å². The van der Waals surface area contributed by atoms with Crippen LogP contribution >= 0.6 is 0 Å². The highest BCUT2D eigenvalue weighted by Gasteiger charge is 2.34. The van der Waals surface area contributed by atoms with Crippen LogP contribution in [-0.2, 0) is 45.0 Å². The van der Waals surface area contributed by atoms with Crippen molar-refractivity contribution in [1.29, 1.82) is 0 Å². The lowest BCUT2D eigenvalue weighted by molar-refractivity contribution is -0.253. The van der Waals surface area contributed by atoms with Crippen molar-refractivity contribution >= 4 is 17.7 Å². The average molecular weight is 696 g/mol. The Morgan fingerprint density at radius 2 is 1.55 bits per heavy atom. The minimum atomic E-state index is -0.848. The molecule has 0 spiro atoms. The molecule has 2 heterocycles. The fourth-order valence-electron chi connectivity index (χ4n) is 6.65. The van der Waals surface area contributed by atoms with Crippen LogP contribution in [0, 0.1) is 0 Å². The van der Waals surface area contributed by atoms with Crippen molar-refractivity contribution in [3.8, 4) is 11.5 Å². The van der Waals surface area contributed by atoms with Gasteiger partial charge >= 0.3 is 12.0 Å². The van der Waals surface area contributed by atoms with Gasteiger partial charge < -0.3 is 39.4 Å². The van der Waals surface area contributed by atoms with E-state index in [9.17, 15) is 14.7 Å². The molecule has 0 aromatic heterocycles. The van der Waals surface area contributed by atoms with E-state index in [-0.39, 0.29) is 18.8 Å². The number of fused-ring (bicyclic) bond motifs is 1. The zero-order chi connectivity index (χ0) is 35.7. The van der Waals surface area contributed by atoms with Crippen LogP contribution in [0.2, 0.25) is 0 Å². The molecule has 0 saturated carbocycles. The Morgan fingerprint density at radius 3 is 2.22 bits per heavy atom. The largest absolute Gasteiger partial charge is 0.493 e. The predicted molar refractivity (Wildman–Crippen MR) is 191 cm³/mol. The maximum atomic E-state index is 12.9. The second-order valence-corrected chi connectivity index (χ2v) is 12.8. The summed E-state index contributed by atoms with van der Waals surface area (Å²) in [6.07, 6.45) is 0.846. The number of carbonyl (C=O) groups excluding carboxylic acids is 2. The molecule has 4 unspecified atom stereocenters. The first-order chi connectivity index (χ1) is 24.8. The minimum absolute atomic E-state index is 0.0258. The second-order valence-electron chi connectivity index (χ2n) is 12.8. The molecule has 268 valence electrons. The van der Waals surface area contributed by atoms with Crippen LogP contribution in [0.25, 0.3) is 0 Å². The van der Waals surface area contributed by atoms with E-state index >= 15 is 0 Å². The summed E-state index contributed by atoms with van der Waals surface area (Å²) in [5, 5.41) is 15.1. The quantitative estimate of drug-likeness (QED) is 0.160. The molecule has 2 aliphatic rings. The third-order valence-electron chi connectivity index (χ3n) is 9.39. The third-order valence-corrected chi connectivity index (χ3v) is 9.39. The number of anilines is 1. The van der Waals surface area contributed by atoms with E-state index in [1.165, 1.54) is 18.2 Å². The van der Waals surface area contributed by atoms with Gasteiger partial charge in [-0.25, -0.2) is 9.59 Å². The van der Waals surface area contributed by atoms with E-state index < -0.39 is 24.3 Å². The van der Waals surface area contributed by atoms with Gasteiger partial charge in [0.25, 0.3) is 0 Å². The molecule has 51 heavy (non-hydrogen) atoms. The number of aliphatic hydroxyl groups excluding tert-OH is 1. The van der Waals surface area contributed by atoms with Gasteiger partial charge in [-0.3, -0.25) is 4.90 Å². The number of aliphatic hydroxyl groups is 1. The number of amides is 2. The fraction of sp³-hybridized carbons (Fsp3) is 0.350. The molecule has 6 rings (SSSR count). The first-order valence-corrected chi connectivity index (χ1v) is 17.1. The topological polar surface area (TPSA) is 128 Å². The summed E-state index contributed by atoms with van der Waals surface area (Å²) in [6.45, 7) is 2.33. The lowest BCUT2D eigenvalue weighted by atomic mass is 9.97. The Bertz CT molecular complexity index is 1770. The molecular formula is C40H45N3O8. The number of methoxy groups -OCH3 is 3. The smallest absolute Gasteiger partial charge is 0.328 e. The number of urea groups is 1. The van der Waals surface area contributed by atoms with Crippen molar-refractivity contribution in [1.82, 2.24) is 10.2 Å². The van der Waals surface area contributed by atoms with Crippen LogP contribution in [-0.4, -0.2) is 68.6 Å². The van der Waals surface area contributed by atoms with Gasteiger partial charge in [0.1, 0.15) is 6.04 Å². The van der Waals surface area contributed by atoms with Crippen LogP contribution in [0.5, 0.6) is 11.5 Å². The Balaban J connectivity index is 1.14. The average Bonchev–Trinajstić information content (AvgIpc) is 3.17. The fourth-order valence-corrected chi connectivity index (χ4v) is 6.65. The number of ether oxygens (including phenoxy) is 5. The number of hydrogen-bond donors (Lipinski definition) is 3. The molecule has 4 atom stereocenters.